The van der Waals surface area contributed by atoms with Crippen molar-refractivity contribution in [3.63, 3.8) is 0 Å². The molecule has 3 rings (SSSR count). The molecule has 100 valence electrons. The number of nitrogen functional groups attached to an aromatic ring is 1. The van der Waals surface area contributed by atoms with E-state index in [1.54, 1.807) is 12.3 Å². The fourth-order valence-corrected chi connectivity index (χ4v) is 2.23. The van der Waals surface area contributed by atoms with Crippen LogP contribution in [0.5, 0.6) is 0 Å². The van der Waals surface area contributed by atoms with Crippen LogP contribution in [-0.2, 0) is 0 Å². The zero-order chi connectivity index (χ0) is 14.1. The van der Waals surface area contributed by atoms with Crippen molar-refractivity contribution in [1.82, 2.24) is 4.98 Å². The van der Waals surface area contributed by atoms with Gasteiger partial charge in [-0.2, -0.15) is 0 Å². The maximum Gasteiger partial charge on any atom is 0.257 e. The van der Waals surface area contributed by atoms with Crippen LogP contribution in [-0.4, -0.2) is 10.9 Å². The van der Waals surface area contributed by atoms with Crippen molar-refractivity contribution in [2.24, 2.45) is 0 Å². The molecule has 0 saturated heterocycles. The lowest BCUT2D eigenvalue weighted by atomic mass is 10.1. The summed E-state index contributed by atoms with van der Waals surface area (Å²) < 4.78 is 0. The van der Waals surface area contributed by atoms with Crippen molar-refractivity contribution in [1.29, 1.82) is 0 Å². The van der Waals surface area contributed by atoms with Crippen LogP contribution in [0.2, 0.25) is 0 Å². The Hall–Kier alpha value is -2.75. The quantitative estimate of drug-likeness (QED) is 0.622. The molecule has 0 spiro atoms. The Labute approximate surface area is 116 Å². The lowest BCUT2D eigenvalue weighted by Crippen LogP contribution is -2.12. The van der Waals surface area contributed by atoms with Crippen LogP contribution >= 0.6 is 0 Å². The summed E-state index contributed by atoms with van der Waals surface area (Å²) >= 11 is 0. The minimum atomic E-state index is -0.129. The second kappa shape index (κ2) is 4.74. The van der Waals surface area contributed by atoms with Crippen LogP contribution in [0.3, 0.4) is 0 Å². The molecule has 0 unspecified atom stereocenters. The van der Waals surface area contributed by atoms with Gasteiger partial charge in [-0.3, -0.25) is 4.79 Å². The Kier molecular flexibility index (Phi) is 2.91. The van der Waals surface area contributed by atoms with Crippen molar-refractivity contribution in [2.45, 2.75) is 6.92 Å². The predicted octanol–water partition coefficient (Wildman–Crippen LogP) is 3.31. The number of hydrogen-bond donors (Lipinski definition) is 3. The molecule has 1 aromatic heterocycles. The lowest BCUT2D eigenvalue weighted by Gasteiger charge is -2.07. The van der Waals surface area contributed by atoms with E-state index in [0.29, 0.717) is 11.3 Å². The van der Waals surface area contributed by atoms with E-state index < -0.39 is 0 Å². The van der Waals surface area contributed by atoms with E-state index in [1.165, 1.54) is 0 Å². The first-order valence-corrected chi connectivity index (χ1v) is 6.39. The fraction of sp³-hybridized carbons (Fsp3) is 0.0625. The second-order valence-electron chi connectivity index (χ2n) is 4.78. The number of benzene rings is 2. The average molecular weight is 265 g/mol. The summed E-state index contributed by atoms with van der Waals surface area (Å²) in [7, 11) is 0. The van der Waals surface area contributed by atoms with Crippen LogP contribution in [0, 0.1) is 6.92 Å². The average Bonchev–Trinajstić information content (AvgIpc) is 2.84. The van der Waals surface area contributed by atoms with Gasteiger partial charge in [0, 0.05) is 28.5 Å². The van der Waals surface area contributed by atoms with E-state index in [-0.39, 0.29) is 5.91 Å². The monoisotopic (exact) mass is 265 g/mol. The van der Waals surface area contributed by atoms with Crippen LogP contribution < -0.4 is 11.1 Å². The summed E-state index contributed by atoms with van der Waals surface area (Å²) in [4.78, 5) is 15.4. The highest BCUT2D eigenvalue weighted by Gasteiger charge is 2.12. The Morgan fingerprint density at radius 2 is 2.00 bits per heavy atom. The molecule has 4 heteroatoms. The molecule has 0 radical (unpaired) electrons. The van der Waals surface area contributed by atoms with Crippen molar-refractivity contribution in [2.75, 3.05) is 11.1 Å². The number of aromatic amines is 1. The number of carbonyl (C=O) groups excluding carboxylic acids is 1. The highest BCUT2D eigenvalue weighted by molar-refractivity contribution is 6.13. The number of anilines is 2. The molecule has 1 amide bonds. The van der Waals surface area contributed by atoms with Gasteiger partial charge in [-0.1, -0.05) is 18.2 Å². The van der Waals surface area contributed by atoms with Gasteiger partial charge in [0.2, 0.25) is 0 Å². The molecule has 3 aromatic rings. The number of nitrogens with one attached hydrogen (secondary N) is 2. The van der Waals surface area contributed by atoms with Gasteiger partial charge >= 0.3 is 0 Å². The minimum absolute atomic E-state index is 0.129. The standard InChI is InChI=1S/C16H15N3O/c1-10-4-2-3-5-14(10)19-16(20)13-9-18-15-8-11(17)6-7-12(13)15/h2-9,18H,17H2,1H3,(H,19,20). The van der Waals surface area contributed by atoms with Gasteiger partial charge in [0.15, 0.2) is 0 Å². The number of carbonyl (C=O) groups is 1. The third-order valence-electron chi connectivity index (χ3n) is 3.34. The number of H-pyrrole nitrogens is 1. The zero-order valence-corrected chi connectivity index (χ0v) is 11.1. The molecular formula is C16H15N3O. The molecule has 1 heterocycles. The van der Waals surface area contributed by atoms with Crippen molar-refractivity contribution in [3.05, 3.63) is 59.8 Å². The van der Waals surface area contributed by atoms with E-state index in [1.807, 2.05) is 43.3 Å². The molecule has 0 aliphatic heterocycles. The minimum Gasteiger partial charge on any atom is -0.399 e. The number of hydrogen-bond acceptors (Lipinski definition) is 2. The molecule has 20 heavy (non-hydrogen) atoms. The molecule has 0 bridgehead atoms. The molecule has 0 aliphatic carbocycles. The molecule has 0 saturated carbocycles. The Morgan fingerprint density at radius 1 is 1.20 bits per heavy atom. The number of nitrogens with two attached hydrogens (primary N) is 1. The van der Waals surface area contributed by atoms with Crippen molar-refractivity contribution < 1.29 is 4.79 Å². The van der Waals surface area contributed by atoms with Gasteiger partial charge in [-0.05, 0) is 36.8 Å². The van der Waals surface area contributed by atoms with Gasteiger partial charge < -0.3 is 16.0 Å². The normalized spacial score (nSPS) is 10.7. The predicted molar refractivity (Wildman–Crippen MR) is 81.8 cm³/mol. The molecule has 2 aromatic carbocycles. The largest absolute Gasteiger partial charge is 0.399 e. The van der Waals surface area contributed by atoms with Gasteiger partial charge in [0.05, 0.1) is 5.56 Å². The summed E-state index contributed by atoms with van der Waals surface area (Å²) in [6.45, 7) is 1.96. The summed E-state index contributed by atoms with van der Waals surface area (Å²) in [5.74, 6) is -0.129. The number of aromatic nitrogens is 1. The second-order valence-corrected chi connectivity index (χ2v) is 4.78. The van der Waals surface area contributed by atoms with Gasteiger partial charge in [-0.25, -0.2) is 0 Å². The van der Waals surface area contributed by atoms with Gasteiger partial charge in [0.1, 0.15) is 0 Å². The summed E-state index contributed by atoms with van der Waals surface area (Å²) in [6.07, 6.45) is 1.71. The number of aryl methyl sites for hydroxylation is 1. The van der Waals surface area contributed by atoms with E-state index in [9.17, 15) is 4.79 Å². The number of fused-ring (bicyclic) bond motifs is 1. The Morgan fingerprint density at radius 3 is 2.80 bits per heavy atom. The first-order valence-electron chi connectivity index (χ1n) is 6.39. The highest BCUT2D eigenvalue weighted by atomic mass is 16.1. The van der Waals surface area contributed by atoms with Crippen LogP contribution in [0.4, 0.5) is 11.4 Å². The maximum absolute atomic E-state index is 12.4. The molecular weight excluding hydrogens is 250 g/mol. The van der Waals surface area contributed by atoms with Crippen molar-refractivity contribution in [3.8, 4) is 0 Å². The molecule has 0 fully saturated rings. The summed E-state index contributed by atoms with van der Waals surface area (Å²) in [5.41, 5.74) is 9.73. The van der Waals surface area contributed by atoms with E-state index in [0.717, 1.165) is 22.2 Å². The molecule has 0 atom stereocenters. The highest BCUT2D eigenvalue weighted by Crippen LogP contribution is 2.22. The number of amides is 1. The summed E-state index contributed by atoms with van der Waals surface area (Å²) in [6, 6.07) is 13.2. The third-order valence-corrected chi connectivity index (χ3v) is 3.34. The Bertz CT molecular complexity index is 789. The Balaban J connectivity index is 1.95. The lowest BCUT2D eigenvalue weighted by molar-refractivity contribution is 0.102. The van der Waals surface area contributed by atoms with Crippen LogP contribution in [0.15, 0.2) is 48.7 Å². The molecule has 4 nitrogen and oxygen atoms in total. The van der Waals surface area contributed by atoms with Crippen molar-refractivity contribution >= 4 is 28.2 Å². The van der Waals surface area contributed by atoms with E-state index >= 15 is 0 Å². The number of para-hydroxylation sites is 1. The van der Waals surface area contributed by atoms with E-state index in [4.69, 9.17) is 5.73 Å². The molecule has 0 aliphatic rings. The fourth-order valence-electron chi connectivity index (χ4n) is 2.23. The van der Waals surface area contributed by atoms with Crippen LogP contribution in [0.1, 0.15) is 15.9 Å². The first kappa shape index (κ1) is 12.3. The molecule has 4 N–H and O–H groups in total. The van der Waals surface area contributed by atoms with Gasteiger partial charge in [-0.15, -0.1) is 0 Å². The summed E-state index contributed by atoms with van der Waals surface area (Å²) in [5, 5.41) is 3.80. The number of rotatable bonds is 2. The third kappa shape index (κ3) is 2.12. The maximum atomic E-state index is 12.4. The van der Waals surface area contributed by atoms with Crippen LogP contribution in [0.25, 0.3) is 10.9 Å². The zero-order valence-electron chi connectivity index (χ0n) is 11.1. The first-order chi connectivity index (χ1) is 9.65. The topological polar surface area (TPSA) is 70.9 Å². The smallest absolute Gasteiger partial charge is 0.257 e. The SMILES string of the molecule is Cc1ccccc1NC(=O)c1c[nH]c2cc(N)ccc12. The van der Waals surface area contributed by atoms with E-state index in [2.05, 4.69) is 10.3 Å². The van der Waals surface area contributed by atoms with Gasteiger partial charge in [0.25, 0.3) is 5.91 Å².